The summed E-state index contributed by atoms with van der Waals surface area (Å²) in [7, 11) is 1.57. The third kappa shape index (κ3) is 4.26. The summed E-state index contributed by atoms with van der Waals surface area (Å²) in [4.78, 5) is 25.5. The summed E-state index contributed by atoms with van der Waals surface area (Å²) in [5.41, 5.74) is 4.60. The molecule has 0 aliphatic rings. The van der Waals surface area contributed by atoms with E-state index in [1.165, 1.54) is 6.21 Å². The number of halogens is 2. The van der Waals surface area contributed by atoms with Crippen molar-refractivity contribution in [3.05, 3.63) is 85.4 Å². The molecule has 1 N–H and O–H groups in total. The SMILES string of the molecule is COc1c(Br)cc(Br)cc1/C=N/NC(=O)Cn1c2ccccc2c(=O)c2ccccc21. The van der Waals surface area contributed by atoms with Gasteiger partial charge in [0, 0.05) is 20.8 Å². The van der Waals surface area contributed by atoms with Crippen LogP contribution in [-0.4, -0.2) is 23.8 Å². The van der Waals surface area contributed by atoms with Crippen LogP contribution < -0.4 is 15.6 Å². The van der Waals surface area contributed by atoms with Crippen LogP contribution in [0.2, 0.25) is 0 Å². The number of hydrogen-bond donors (Lipinski definition) is 1. The van der Waals surface area contributed by atoms with Gasteiger partial charge < -0.3 is 9.30 Å². The summed E-state index contributed by atoms with van der Waals surface area (Å²) < 4.78 is 8.83. The first-order valence-corrected chi connectivity index (χ1v) is 10.9. The molecule has 0 aliphatic carbocycles. The molecule has 3 aromatic carbocycles. The lowest BCUT2D eigenvalue weighted by Crippen LogP contribution is -2.25. The number of nitrogens with one attached hydrogen (secondary N) is 1. The van der Waals surface area contributed by atoms with Crippen molar-refractivity contribution in [1.29, 1.82) is 0 Å². The number of fused-ring (bicyclic) bond motifs is 2. The number of methoxy groups -OCH3 is 1. The van der Waals surface area contributed by atoms with Gasteiger partial charge in [-0.3, -0.25) is 9.59 Å². The van der Waals surface area contributed by atoms with Gasteiger partial charge in [-0.15, -0.1) is 0 Å². The molecule has 156 valence electrons. The van der Waals surface area contributed by atoms with E-state index in [-0.39, 0.29) is 17.9 Å². The Kier molecular flexibility index (Phi) is 6.20. The number of amides is 1. The van der Waals surface area contributed by atoms with Crippen LogP contribution in [0.3, 0.4) is 0 Å². The van der Waals surface area contributed by atoms with E-state index in [1.54, 1.807) is 19.2 Å². The highest BCUT2D eigenvalue weighted by Crippen LogP contribution is 2.31. The van der Waals surface area contributed by atoms with Crippen molar-refractivity contribution in [3.63, 3.8) is 0 Å². The van der Waals surface area contributed by atoms with Crippen molar-refractivity contribution in [3.8, 4) is 5.75 Å². The minimum atomic E-state index is -0.316. The maximum Gasteiger partial charge on any atom is 0.260 e. The first-order valence-electron chi connectivity index (χ1n) is 9.35. The molecule has 8 heteroatoms. The molecule has 0 radical (unpaired) electrons. The Bertz CT molecular complexity index is 1340. The van der Waals surface area contributed by atoms with Crippen LogP contribution in [0, 0.1) is 0 Å². The summed E-state index contributed by atoms with van der Waals surface area (Å²) in [5.74, 6) is 0.293. The highest BCUT2D eigenvalue weighted by atomic mass is 79.9. The topological polar surface area (TPSA) is 72.7 Å². The van der Waals surface area contributed by atoms with E-state index in [0.717, 1.165) is 8.95 Å². The molecule has 31 heavy (non-hydrogen) atoms. The van der Waals surface area contributed by atoms with E-state index in [2.05, 4.69) is 42.4 Å². The molecule has 0 spiro atoms. The average Bonchev–Trinajstić information content (AvgIpc) is 2.76. The Morgan fingerprint density at radius 3 is 2.29 bits per heavy atom. The third-order valence-electron chi connectivity index (χ3n) is 4.81. The quantitative estimate of drug-likeness (QED) is 0.223. The van der Waals surface area contributed by atoms with Gasteiger partial charge in [-0.25, -0.2) is 5.43 Å². The smallest absolute Gasteiger partial charge is 0.260 e. The fourth-order valence-corrected chi connectivity index (χ4v) is 4.91. The minimum absolute atomic E-state index is 0.0119. The van der Waals surface area contributed by atoms with Gasteiger partial charge >= 0.3 is 0 Å². The normalized spacial score (nSPS) is 11.3. The van der Waals surface area contributed by atoms with Crippen LogP contribution in [0.15, 0.2) is 79.5 Å². The first-order chi connectivity index (χ1) is 15.0. The molecule has 0 atom stereocenters. The molecule has 0 unspecified atom stereocenters. The standard InChI is InChI=1S/C23H17Br2N3O3/c1-31-23-14(10-15(24)11-18(23)25)12-26-27-21(29)13-28-19-8-4-2-6-16(19)22(30)17-7-3-5-9-20(17)28/h2-12H,13H2,1H3,(H,27,29)/b26-12+. The molecule has 0 aliphatic heterocycles. The van der Waals surface area contributed by atoms with Crippen LogP contribution in [0.1, 0.15) is 5.56 Å². The van der Waals surface area contributed by atoms with E-state index in [4.69, 9.17) is 4.74 Å². The maximum absolute atomic E-state index is 12.8. The highest BCUT2D eigenvalue weighted by Gasteiger charge is 2.13. The van der Waals surface area contributed by atoms with Gasteiger partial charge in [-0.05, 0) is 52.3 Å². The van der Waals surface area contributed by atoms with E-state index >= 15 is 0 Å². The van der Waals surface area contributed by atoms with E-state index in [0.29, 0.717) is 33.1 Å². The summed E-state index contributed by atoms with van der Waals surface area (Å²) >= 11 is 6.87. The summed E-state index contributed by atoms with van der Waals surface area (Å²) in [6.45, 7) is 0.0119. The summed E-state index contributed by atoms with van der Waals surface area (Å²) in [6, 6.07) is 18.2. The summed E-state index contributed by atoms with van der Waals surface area (Å²) in [5, 5.41) is 5.23. The van der Waals surface area contributed by atoms with Gasteiger partial charge in [0.2, 0.25) is 0 Å². The first kappa shape index (κ1) is 21.3. The molecule has 0 saturated heterocycles. The maximum atomic E-state index is 12.8. The van der Waals surface area contributed by atoms with Gasteiger partial charge in [0.1, 0.15) is 12.3 Å². The Morgan fingerprint density at radius 1 is 1.06 bits per heavy atom. The number of para-hydroxylation sites is 2. The van der Waals surface area contributed by atoms with E-state index in [1.807, 2.05) is 53.1 Å². The second-order valence-corrected chi connectivity index (χ2v) is 8.52. The Hall–Kier alpha value is -2.97. The predicted molar refractivity (Wildman–Crippen MR) is 130 cm³/mol. The van der Waals surface area contributed by atoms with Crippen molar-refractivity contribution >= 4 is 65.8 Å². The number of hydrazone groups is 1. The fraction of sp³-hybridized carbons (Fsp3) is 0.0870. The lowest BCUT2D eigenvalue weighted by molar-refractivity contribution is -0.121. The van der Waals surface area contributed by atoms with Crippen LogP contribution in [0.5, 0.6) is 5.75 Å². The van der Waals surface area contributed by atoms with E-state index in [9.17, 15) is 9.59 Å². The zero-order valence-corrected chi connectivity index (χ0v) is 19.6. The molecule has 0 bridgehead atoms. The predicted octanol–water partition coefficient (Wildman–Crippen LogP) is 4.84. The number of carbonyl (C=O) groups excluding carboxylic acids is 1. The molecule has 4 aromatic rings. The number of nitrogens with zero attached hydrogens (tertiary/aromatic N) is 2. The fourth-order valence-electron chi connectivity index (χ4n) is 3.49. The number of rotatable bonds is 5. The molecule has 1 aromatic heterocycles. The second-order valence-electron chi connectivity index (χ2n) is 6.75. The van der Waals surface area contributed by atoms with Crippen molar-refractivity contribution in [2.75, 3.05) is 7.11 Å². The van der Waals surface area contributed by atoms with Crippen molar-refractivity contribution in [2.45, 2.75) is 6.54 Å². The van der Waals surface area contributed by atoms with Crippen LogP contribution >= 0.6 is 31.9 Å². The number of benzene rings is 3. The zero-order chi connectivity index (χ0) is 22.0. The molecule has 1 amide bonds. The van der Waals surface area contributed by atoms with E-state index < -0.39 is 0 Å². The number of aromatic nitrogens is 1. The zero-order valence-electron chi connectivity index (χ0n) is 16.4. The second kappa shape index (κ2) is 9.03. The number of carbonyl (C=O) groups is 1. The number of ether oxygens (including phenoxy) is 1. The molecular formula is C23H17Br2N3O3. The molecular weight excluding hydrogens is 526 g/mol. The third-order valence-corrected chi connectivity index (χ3v) is 5.86. The number of pyridine rings is 1. The monoisotopic (exact) mass is 541 g/mol. The minimum Gasteiger partial charge on any atom is -0.495 e. The van der Waals surface area contributed by atoms with Crippen LogP contribution in [-0.2, 0) is 11.3 Å². The molecule has 0 fully saturated rings. The van der Waals surface area contributed by atoms with Crippen molar-refractivity contribution < 1.29 is 9.53 Å². The number of hydrogen-bond acceptors (Lipinski definition) is 4. The van der Waals surface area contributed by atoms with Crippen LogP contribution in [0.25, 0.3) is 21.8 Å². The van der Waals surface area contributed by atoms with Gasteiger partial charge in [0.25, 0.3) is 5.91 Å². The lowest BCUT2D eigenvalue weighted by Gasteiger charge is -2.14. The molecule has 6 nitrogen and oxygen atoms in total. The average molecular weight is 543 g/mol. The van der Waals surface area contributed by atoms with Gasteiger partial charge in [-0.1, -0.05) is 40.2 Å². The Balaban J connectivity index is 1.65. The molecule has 4 rings (SSSR count). The Morgan fingerprint density at radius 2 is 1.68 bits per heavy atom. The van der Waals surface area contributed by atoms with Gasteiger partial charge in [0.05, 0.1) is 28.8 Å². The van der Waals surface area contributed by atoms with Gasteiger partial charge in [0.15, 0.2) is 5.43 Å². The largest absolute Gasteiger partial charge is 0.495 e. The Labute approximate surface area is 194 Å². The molecule has 0 saturated carbocycles. The van der Waals surface area contributed by atoms with Crippen molar-refractivity contribution in [1.82, 2.24) is 9.99 Å². The van der Waals surface area contributed by atoms with Crippen molar-refractivity contribution in [2.24, 2.45) is 5.10 Å². The van der Waals surface area contributed by atoms with Gasteiger partial charge in [-0.2, -0.15) is 5.10 Å². The highest BCUT2D eigenvalue weighted by molar-refractivity contribution is 9.11. The van der Waals surface area contributed by atoms with Crippen LogP contribution in [0.4, 0.5) is 0 Å². The lowest BCUT2D eigenvalue weighted by atomic mass is 10.1. The summed E-state index contributed by atoms with van der Waals surface area (Å²) in [6.07, 6.45) is 1.52. The molecule has 1 heterocycles.